The molecule has 4 aromatic rings. The van der Waals surface area contributed by atoms with Crippen molar-refractivity contribution in [3.05, 3.63) is 70.7 Å². The van der Waals surface area contributed by atoms with Gasteiger partial charge in [-0.1, -0.05) is 41.0 Å². The molecule has 0 radical (unpaired) electrons. The Morgan fingerprint density at radius 3 is 2.84 bits per heavy atom. The molecule has 0 bridgehead atoms. The molecule has 0 aliphatic rings. The van der Waals surface area contributed by atoms with Gasteiger partial charge in [0.2, 0.25) is 11.7 Å². The first kappa shape index (κ1) is 23.1. The van der Waals surface area contributed by atoms with E-state index in [4.69, 9.17) is 16.1 Å². The lowest BCUT2D eigenvalue weighted by atomic mass is 10.1. The average molecular weight is 551 g/mol. The SMILES string of the molecule is CN=C(NCCc1c[nH]c2cccc(C)c12)NCc1nc(-c2cccc(Cl)c2)no1.I. The molecule has 7 nitrogen and oxygen atoms in total. The summed E-state index contributed by atoms with van der Waals surface area (Å²) < 4.78 is 5.32. The Morgan fingerprint density at radius 2 is 2.03 bits per heavy atom. The molecule has 31 heavy (non-hydrogen) atoms. The van der Waals surface area contributed by atoms with Crippen LogP contribution in [0, 0.1) is 6.92 Å². The normalized spacial score (nSPS) is 11.4. The smallest absolute Gasteiger partial charge is 0.246 e. The lowest BCUT2D eigenvalue weighted by Crippen LogP contribution is -2.37. The first-order valence-electron chi connectivity index (χ1n) is 9.72. The van der Waals surface area contributed by atoms with Crippen molar-refractivity contribution in [2.24, 2.45) is 4.99 Å². The molecule has 2 aromatic heterocycles. The summed E-state index contributed by atoms with van der Waals surface area (Å²) in [5, 5.41) is 12.5. The van der Waals surface area contributed by atoms with Gasteiger partial charge in [0.15, 0.2) is 5.96 Å². The summed E-state index contributed by atoms with van der Waals surface area (Å²) >= 11 is 6.02. The maximum Gasteiger partial charge on any atom is 0.246 e. The minimum atomic E-state index is 0. The lowest BCUT2D eigenvalue weighted by Gasteiger charge is -2.10. The van der Waals surface area contributed by atoms with Crippen molar-refractivity contribution < 1.29 is 4.52 Å². The molecule has 0 unspecified atom stereocenters. The highest BCUT2D eigenvalue weighted by molar-refractivity contribution is 14.0. The zero-order valence-corrected chi connectivity index (χ0v) is 20.4. The van der Waals surface area contributed by atoms with E-state index in [9.17, 15) is 0 Å². The van der Waals surface area contributed by atoms with E-state index in [2.05, 4.69) is 62.1 Å². The van der Waals surface area contributed by atoms with E-state index in [0.717, 1.165) is 18.5 Å². The first-order valence-corrected chi connectivity index (χ1v) is 10.1. The number of benzene rings is 2. The van der Waals surface area contributed by atoms with Gasteiger partial charge in [0.1, 0.15) is 0 Å². The molecule has 0 aliphatic heterocycles. The molecule has 9 heteroatoms. The molecule has 2 aromatic carbocycles. The summed E-state index contributed by atoms with van der Waals surface area (Å²) in [6.45, 7) is 3.26. The number of fused-ring (bicyclic) bond motifs is 1. The van der Waals surface area contributed by atoms with Gasteiger partial charge in [-0.3, -0.25) is 4.99 Å². The summed E-state index contributed by atoms with van der Waals surface area (Å²) in [4.78, 5) is 12.0. The second kappa shape index (κ2) is 10.6. The third kappa shape index (κ3) is 5.56. The van der Waals surface area contributed by atoms with Gasteiger partial charge in [0.05, 0.1) is 6.54 Å². The quantitative estimate of drug-likeness (QED) is 0.184. The molecule has 162 valence electrons. The van der Waals surface area contributed by atoms with Gasteiger partial charge in [0, 0.05) is 41.3 Å². The number of rotatable bonds is 6. The summed E-state index contributed by atoms with van der Waals surface area (Å²) in [6, 6.07) is 13.7. The van der Waals surface area contributed by atoms with Crippen LogP contribution in [0.2, 0.25) is 5.02 Å². The Labute approximate surface area is 202 Å². The standard InChI is InChI=1S/C22H23ClN6O.HI/c1-14-5-3-8-18-20(14)16(12-26-18)9-10-25-22(24-2)27-13-19-28-21(29-30-19)15-6-4-7-17(23)11-15;/h3-8,11-12,26H,9-10,13H2,1-2H3,(H2,24,25,27);1H. The van der Waals surface area contributed by atoms with Crippen molar-refractivity contribution in [3.8, 4) is 11.4 Å². The summed E-state index contributed by atoms with van der Waals surface area (Å²) in [5.74, 6) is 1.65. The topological polar surface area (TPSA) is 91.1 Å². The van der Waals surface area contributed by atoms with Crippen molar-refractivity contribution in [2.75, 3.05) is 13.6 Å². The predicted octanol–water partition coefficient (Wildman–Crippen LogP) is 4.71. The van der Waals surface area contributed by atoms with Crippen LogP contribution in [0.25, 0.3) is 22.3 Å². The number of aliphatic imine (C=N–C) groups is 1. The van der Waals surface area contributed by atoms with E-state index in [1.54, 1.807) is 19.2 Å². The van der Waals surface area contributed by atoms with Crippen molar-refractivity contribution in [2.45, 2.75) is 19.9 Å². The van der Waals surface area contributed by atoms with E-state index in [-0.39, 0.29) is 24.0 Å². The monoisotopic (exact) mass is 550 g/mol. The van der Waals surface area contributed by atoms with Crippen molar-refractivity contribution in [3.63, 3.8) is 0 Å². The molecular formula is C22H24ClIN6O. The Kier molecular flexibility index (Phi) is 7.91. The van der Waals surface area contributed by atoms with Crippen LogP contribution in [0.1, 0.15) is 17.0 Å². The van der Waals surface area contributed by atoms with Crippen molar-refractivity contribution in [1.29, 1.82) is 0 Å². The molecule has 0 saturated carbocycles. The lowest BCUT2D eigenvalue weighted by molar-refractivity contribution is 0.375. The van der Waals surface area contributed by atoms with Gasteiger partial charge in [-0.2, -0.15) is 4.98 Å². The fraction of sp³-hybridized carbons (Fsp3) is 0.227. The zero-order chi connectivity index (χ0) is 20.9. The summed E-state index contributed by atoms with van der Waals surface area (Å²) in [5.41, 5.74) is 4.54. The average Bonchev–Trinajstić information content (AvgIpc) is 3.38. The van der Waals surface area contributed by atoms with Crippen LogP contribution >= 0.6 is 35.6 Å². The Morgan fingerprint density at radius 1 is 1.19 bits per heavy atom. The maximum absolute atomic E-state index is 6.02. The van der Waals surface area contributed by atoms with Crippen LogP contribution in [0.3, 0.4) is 0 Å². The summed E-state index contributed by atoms with van der Waals surface area (Å²) in [7, 11) is 1.73. The third-order valence-corrected chi connectivity index (χ3v) is 5.10. The maximum atomic E-state index is 6.02. The van der Waals surface area contributed by atoms with Crippen molar-refractivity contribution in [1.82, 2.24) is 25.8 Å². The second-order valence-corrected chi connectivity index (χ2v) is 7.37. The first-order chi connectivity index (χ1) is 14.6. The van der Waals surface area contributed by atoms with Gasteiger partial charge in [-0.15, -0.1) is 24.0 Å². The molecule has 4 rings (SSSR count). The third-order valence-electron chi connectivity index (χ3n) is 4.86. The molecule has 0 spiro atoms. The van der Waals surface area contributed by atoms with Crippen LogP contribution in [0.5, 0.6) is 0 Å². The molecule has 0 aliphatic carbocycles. The molecule has 2 heterocycles. The number of aromatic nitrogens is 3. The number of halogens is 2. The van der Waals surface area contributed by atoms with Gasteiger partial charge in [-0.25, -0.2) is 0 Å². The molecule has 0 fully saturated rings. The van der Waals surface area contributed by atoms with Crippen LogP contribution < -0.4 is 10.6 Å². The van der Waals surface area contributed by atoms with Crippen LogP contribution in [-0.4, -0.2) is 34.7 Å². The van der Waals surface area contributed by atoms with E-state index in [1.807, 2.05) is 12.1 Å². The number of hydrogen-bond donors (Lipinski definition) is 3. The van der Waals surface area contributed by atoms with Crippen LogP contribution in [-0.2, 0) is 13.0 Å². The number of aromatic amines is 1. The highest BCUT2D eigenvalue weighted by Gasteiger charge is 2.10. The molecular weight excluding hydrogens is 527 g/mol. The van der Waals surface area contributed by atoms with Gasteiger partial charge < -0.3 is 20.1 Å². The van der Waals surface area contributed by atoms with Gasteiger partial charge in [0.25, 0.3) is 0 Å². The predicted molar refractivity (Wildman–Crippen MR) is 135 cm³/mol. The number of nitrogens with one attached hydrogen (secondary N) is 3. The fourth-order valence-corrected chi connectivity index (χ4v) is 3.61. The number of hydrogen-bond acceptors (Lipinski definition) is 4. The van der Waals surface area contributed by atoms with E-state index >= 15 is 0 Å². The van der Waals surface area contributed by atoms with E-state index in [0.29, 0.717) is 29.2 Å². The highest BCUT2D eigenvalue weighted by atomic mass is 127. The Hall–Kier alpha value is -2.59. The molecule has 0 atom stereocenters. The minimum Gasteiger partial charge on any atom is -0.361 e. The van der Waals surface area contributed by atoms with Crippen LogP contribution in [0.15, 0.2) is 58.2 Å². The highest BCUT2D eigenvalue weighted by Crippen LogP contribution is 2.22. The fourth-order valence-electron chi connectivity index (χ4n) is 3.42. The number of aryl methyl sites for hydroxylation is 1. The largest absolute Gasteiger partial charge is 0.361 e. The van der Waals surface area contributed by atoms with E-state index < -0.39 is 0 Å². The van der Waals surface area contributed by atoms with Gasteiger partial charge >= 0.3 is 0 Å². The number of guanidine groups is 1. The molecule has 0 amide bonds. The Bertz CT molecular complexity index is 1190. The van der Waals surface area contributed by atoms with Crippen LogP contribution in [0.4, 0.5) is 0 Å². The minimum absolute atomic E-state index is 0. The molecule has 3 N–H and O–H groups in total. The summed E-state index contributed by atoms with van der Waals surface area (Å²) in [6.07, 6.45) is 2.95. The van der Waals surface area contributed by atoms with Gasteiger partial charge in [-0.05, 0) is 42.7 Å². The van der Waals surface area contributed by atoms with E-state index in [1.165, 1.54) is 22.0 Å². The molecule has 0 saturated heterocycles. The Balaban J connectivity index is 0.00000272. The number of H-pyrrole nitrogens is 1. The van der Waals surface area contributed by atoms with Crippen molar-refractivity contribution >= 4 is 52.4 Å². The zero-order valence-electron chi connectivity index (χ0n) is 17.3. The number of nitrogens with zero attached hydrogens (tertiary/aromatic N) is 3. The second-order valence-electron chi connectivity index (χ2n) is 6.94.